The van der Waals surface area contributed by atoms with E-state index in [1.54, 1.807) is 11.8 Å². The Labute approximate surface area is 122 Å². The standard InChI is InChI=1S/C14H20N2O3S/c1-10(17)14-5-12(9-20-14)6-15-3-4-16(11(2)18)8-13(19)7-15/h5,9,13,19H,3-4,6-8H2,1-2H3/t13-/m0/s1. The lowest BCUT2D eigenvalue weighted by Crippen LogP contribution is -2.36. The van der Waals surface area contributed by atoms with E-state index in [1.165, 1.54) is 18.3 Å². The van der Waals surface area contributed by atoms with Gasteiger partial charge in [-0.15, -0.1) is 11.3 Å². The van der Waals surface area contributed by atoms with Gasteiger partial charge in [0.1, 0.15) is 0 Å². The Morgan fingerprint density at radius 1 is 1.35 bits per heavy atom. The van der Waals surface area contributed by atoms with Crippen LogP contribution in [0.15, 0.2) is 11.4 Å². The van der Waals surface area contributed by atoms with Gasteiger partial charge in [-0.25, -0.2) is 0 Å². The van der Waals surface area contributed by atoms with Crippen molar-refractivity contribution in [1.29, 1.82) is 0 Å². The fourth-order valence-corrected chi connectivity index (χ4v) is 3.19. The molecule has 1 aliphatic rings. The monoisotopic (exact) mass is 296 g/mol. The van der Waals surface area contributed by atoms with E-state index in [0.29, 0.717) is 26.2 Å². The van der Waals surface area contributed by atoms with Crippen molar-refractivity contribution in [2.75, 3.05) is 26.2 Å². The zero-order valence-electron chi connectivity index (χ0n) is 11.8. The zero-order valence-corrected chi connectivity index (χ0v) is 12.7. The van der Waals surface area contributed by atoms with Gasteiger partial charge < -0.3 is 10.0 Å². The average Bonchev–Trinajstić information content (AvgIpc) is 2.74. The van der Waals surface area contributed by atoms with Crippen LogP contribution in [0.2, 0.25) is 0 Å². The molecule has 1 aromatic rings. The van der Waals surface area contributed by atoms with Crippen molar-refractivity contribution in [3.05, 3.63) is 21.9 Å². The molecule has 0 spiro atoms. The minimum absolute atomic E-state index is 0.000277. The first-order chi connectivity index (χ1) is 9.45. The lowest BCUT2D eigenvalue weighted by molar-refractivity contribution is -0.129. The van der Waals surface area contributed by atoms with Gasteiger partial charge in [0.25, 0.3) is 0 Å². The Bertz CT molecular complexity index is 500. The number of nitrogens with zero attached hydrogens (tertiary/aromatic N) is 2. The van der Waals surface area contributed by atoms with Crippen molar-refractivity contribution in [2.24, 2.45) is 0 Å². The minimum atomic E-state index is -0.521. The summed E-state index contributed by atoms with van der Waals surface area (Å²) in [5.74, 6) is 0.0835. The Balaban J connectivity index is 1.98. The molecular weight excluding hydrogens is 276 g/mol. The van der Waals surface area contributed by atoms with Crippen LogP contribution in [-0.4, -0.2) is 58.9 Å². The molecule has 1 fully saturated rings. The number of Topliss-reactive ketones (excluding diaryl/α,β-unsaturated/α-hetero) is 1. The van der Waals surface area contributed by atoms with E-state index in [1.807, 2.05) is 11.4 Å². The lowest BCUT2D eigenvalue weighted by Gasteiger charge is -2.20. The number of carbonyl (C=O) groups is 2. The molecule has 2 heterocycles. The summed E-state index contributed by atoms with van der Waals surface area (Å²) in [5.41, 5.74) is 1.09. The van der Waals surface area contributed by atoms with Crippen molar-refractivity contribution < 1.29 is 14.7 Å². The topological polar surface area (TPSA) is 60.9 Å². The number of β-amino-alcohol motifs (C(OH)–C–C–N with tert-alkyl or cyclic N) is 1. The van der Waals surface area contributed by atoms with Gasteiger partial charge in [0.2, 0.25) is 5.91 Å². The fourth-order valence-electron chi connectivity index (χ4n) is 2.39. The Morgan fingerprint density at radius 2 is 2.10 bits per heavy atom. The number of aliphatic hydroxyl groups excluding tert-OH is 1. The number of hydrogen-bond acceptors (Lipinski definition) is 5. The number of aliphatic hydroxyl groups is 1. The molecule has 1 saturated heterocycles. The summed E-state index contributed by atoms with van der Waals surface area (Å²) in [7, 11) is 0. The summed E-state index contributed by atoms with van der Waals surface area (Å²) < 4.78 is 0. The highest BCUT2D eigenvalue weighted by atomic mass is 32.1. The average molecular weight is 296 g/mol. The number of rotatable bonds is 3. The molecule has 20 heavy (non-hydrogen) atoms. The molecular formula is C14H20N2O3S. The molecule has 2 rings (SSSR count). The van der Waals surface area contributed by atoms with Gasteiger partial charge in [-0.2, -0.15) is 0 Å². The van der Waals surface area contributed by atoms with Crippen LogP contribution in [0.4, 0.5) is 0 Å². The molecule has 5 nitrogen and oxygen atoms in total. The van der Waals surface area contributed by atoms with E-state index in [2.05, 4.69) is 4.90 Å². The fraction of sp³-hybridized carbons (Fsp3) is 0.571. The van der Waals surface area contributed by atoms with Crippen molar-refractivity contribution in [1.82, 2.24) is 9.80 Å². The molecule has 0 unspecified atom stereocenters. The predicted octanol–water partition coefficient (Wildman–Crippen LogP) is 0.976. The second-order valence-electron chi connectivity index (χ2n) is 5.23. The van der Waals surface area contributed by atoms with Crippen LogP contribution in [-0.2, 0) is 11.3 Å². The molecule has 1 N–H and O–H groups in total. The van der Waals surface area contributed by atoms with Gasteiger partial charge >= 0.3 is 0 Å². The first-order valence-electron chi connectivity index (χ1n) is 6.70. The second kappa shape index (κ2) is 6.47. The highest BCUT2D eigenvalue weighted by Gasteiger charge is 2.22. The summed E-state index contributed by atoms with van der Waals surface area (Å²) in [6, 6.07) is 1.91. The summed E-state index contributed by atoms with van der Waals surface area (Å²) >= 11 is 1.45. The van der Waals surface area contributed by atoms with Crippen LogP contribution in [0.3, 0.4) is 0 Å². The first kappa shape index (κ1) is 15.2. The van der Waals surface area contributed by atoms with Crippen molar-refractivity contribution in [3.63, 3.8) is 0 Å². The van der Waals surface area contributed by atoms with Crippen LogP contribution in [0.5, 0.6) is 0 Å². The van der Waals surface area contributed by atoms with Crippen LogP contribution >= 0.6 is 11.3 Å². The Kier molecular flexibility index (Phi) is 4.91. The van der Waals surface area contributed by atoms with Crippen molar-refractivity contribution in [2.45, 2.75) is 26.5 Å². The third-order valence-corrected chi connectivity index (χ3v) is 4.52. The maximum absolute atomic E-state index is 11.4. The highest BCUT2D eigenvalue weighted by molar-refractivity contribution is 7.12. The Hall–Kier alpha value is -1.24. The third kappa shape index (κ3) is 3.88. The molecule has 0 saturated carbocycles. The summed E-state index contributed by atoms with van der Waals surface area (Å²) in [4.78, 5) is 27.3. The van der Waals surface area contributed by atoms with E-state index in [9.17, 15) is 14.7 Å². The first-order valence-corrected chi connectivity index (χ1v) is 7.58. The molecule has 1 atom stereocenters. The maximum atomic E-state index is 11.4. The lowest BCUT2D eigenvalue weighted by atomic mass is 10.2. The number of thiophene rings is 1. The minimum Gasteiger partial charge on any atom is -0.390 e. The van der Waals surface area contributed by atoms with Gasteiger partial charge in [-0.1, -0.05) is 0 Å². The van der Waals surface area contributed by atoms with E-state index >= 15 is 0 Å². The zero-order chi connectivity index (χ0) is 14.7. The van der Waals surface area contributed by atoms with Gasteiger partial charge in [-0.3, -0.25) is 14.5 Å². The van der Waals surface area contributed by atoms with Crippen LogP contribution < -0.4 is 0 Å². The molecule has 1 aromatic heterocycles. The van der Waals surface area contributed by atoms with E-state index < -0.39 is 6.10 Å². The quantitative estimate of drug-likeness (QED) is 0.845. The SMILES string of the molecule is CC(=O)c1cc(CN2CCN(C(C)=O)C[C@@H](O)C2)cs1. The summed E-state index contributed by atoms with van der Waals surface area (Å²) in [6.07, 6.45) is -0.521. The van der Waals surface area contributed by atoms with Crippen molar-refractivity contribution in [3.8, 4) is 0 Å². The Morgan fingerprint density at radius 3 is 2.70 bits per heavy atom. The predicted molar refractivity (Wildman–Crippen MR) is 77.9 cm³/mol. The number of ketones is 1. The number of hydrogen-bond donors (Lipinski definition) is 1. The highest BCUT2D eigenvalue weighted by Crippen LogP contribution is 2.18. The van der Waals surface area contributed by atoms with Gasteiger partial charge in [-0.05, 0) is 23.9 Å². The van der Waals surface area contributed by atoms with Gasteiger partial charge in [0.05, 0.1) is 11.0 Å². The molecule has 1 amide bonds. The molecule has 0 aliphatic carbocycles. The number of amides is 1. The van der Waals surface area contributed by atoms with Crippen LogP contribution in [0.25, 0.3) is 0 Å². The second-order valence-corrected chi connectivity index (χ2v) is 6.14. The normalized spacial score (nSPS) is 20.8. The summed E-state index contributed by atoms with van der Waals surface area (Å²) in [6.45, 7) is 6.12. The number of carbonyl (C=O) groups excluding carboxylic acids is 2. The molecule has 0 radical (unpaired) electrons. The molecule has 1 aliphatic heterocycles. The van der Waals surface area contributed by atoms with Crippen LogP contribution in [0.1, 0.15) is 29.1 Å². The van der Waals surface area contributed by atoms with Gasteiger partial charge in [0, 0.05) is 39.6 Å². The van der Waals surface area contributed by atoms with E-state index in [-0.39, 0.29) is 11.7 Å². The van der Waals surface area contributed by atoms with E-state index in [0.717, 1.165) is 17.0 Å². The molecule has 0 aromatic carbocycles. The summed E-state index contributed by atoms with van der Waals surface area (Å²) in [5, 5.41) is 11.9. The maximum Gasteiger partial charge on any atom is 0.219 e. The molecule has 0 bridgehead atoms. The van der Waals surface area contributed by atoms with Gasteiger partial charge in [0.15, 0.2) is 5.78 Å². The smallest absolute Gasteiger partial charge is 0.219 e. The molecule has 110 valence electrons. The van der Waals surface area contributed by atoms with E-state index in [4.69, 9.17) is 0 Å². The van der Waals surface area contributed by atoms with Crippen molar-refractivity contribution >= 4 is 23.0 Å². The largest absolute Gasteiger partial charge is 0.390 e. The molecule has 6 heteroatoms. The van der Waals surface area contributed by atoms with Crippen LogP contribution in [0, 0.1) is 0 Å². The third-order valence-electron chi connectivity index (χ3n) is 3.44.